The number of hydrogen-bond acceptors (Lipinski definition) is 7. The van der Waals surface area contributed by atoms with Crippen LogP contribution in [0.25, 0.3) is 10.2 Å². The lowest BCUT2D eigenvalue weighted by atomic mass is 10.1. The number of hydrogen-bond donors (Lipinski definition) is 1. The maximum absolute atomic E-state index is 12.6. The van der Waals surface area contributed by atoms with Crippen molar-refractivity contribution in [2.45, 2.75) is 53.6 Å². The minimum absolute atomic E-state index is 0.00504. The normalized spacial score (nSPS) is 15.7. The fourth-order valence-electron chi connectivity index (χ4n) is 3.50. The van der Waals surface area contributed by atoms with Crippen molar-refractivity contribution < 1.29 is 9.53 Å². The van der Waals surface area contributed by atoms with E-state index in [1.807, 2.05) is 20.8 Å². The Balaban J connectivity index is 1.95. The summed E-state index contributed by atoms with van der Waals surface area (Å²) in [6.45, 7) is 17.3. The number of nitrogens with zero attached hydrogens (tertiary/aromatic N) is 4. The van der Waals surface area contributed by atoms with E-state index >= 15 is 0 Å². The van der Waals surface area contributed by atoms with Crippen LogP contribution in [-0.4, -0.2) is 65.7 Å². The Morgan fingerprint density at radius 1 is 1.24 bits per heavy atom. The first kappa shape index (κ1) is 21.9. The third-order valence-corrected chi connectivity index (χ3v) is 6.16. The number of fused-ring (bicyclic) bond motifs is 1. The van der Waals surface area contributed by atoms with Crippen LogP contribution in [0.3, 0.4) is 0 Å². The van der Waals surface area contributed by atoms with E-state index in [1.165, 1.54) is 10.4 Å². The van der Waals surface area contributed by atoms with E-state index in [4.69, 9.17) is 14.7 Å². The average Bonchev–Trinajstić information content (AvgIpc) is 2.92. The molecule has 0 bridgehead atoms. The standard InChI is InChI=1S/C21H33N5O2S/c1-7-26(13-17(27)24-21(4,5)6)19-18-14(2)15(3)29-20(18)23-16(22-19)12-25-8-10-28-11-9-25/h7-13H2,1-6H3,(H,24,27). The summed E-state index contributed by atoms with van der Waals surface area (Å²) in [5.41, 5.74) is 0.945. The third kappa shape index (κ3) is 5.43. The maximum atomic E-state index is 12.6. The van der Waals surface area contributed by atoms with E-state index in [0.29, 0.717) is 13.1 Å². The molecule has 1 aliphatic rings. The molecule has 2 aromatic heterocycles. The quantitative estimate of drug-likeness (QED) is 0.776. The first-order valence-electron chi connectivity index (χ1n) is 10.3. The molecule has 2 aromatic rings. The molecular weight excluding hydrogens is 386 g/mol. The molecule has 7 nitrogen and oxygen atoms in total. The summed E-state index contributed by atoms with van der Waals surface area (Å²) in [5, 5.41) is 4.13. The van der Waals surface area contributed by atoms with Crippen LogP contribution in [0.4, 0.5) is 5.82 Å². The van der Waals surface area contributed by atoms with Crippen LogP contribution >= 0.6 is 11.3 Å². The van der Waals surface area contributed by atoms with E-state index < -0.39 is 0 Å². The number of amides is 1. The predicted octanol–water partition coefficient (Wildman–Crippen LogP) is 2.88. The number of carbonyl (C=O) groups excluding carboxylic acids is 1. The van der Waals surface area contributed by atoms with E-state index in [2.05, 4.69) is 35.9 Å². The molecule has 0 saturated carbocycles. The van der Waals surface area contributed by atoms with E-state index in [0.717, 1.165) is 48.2 Å². The molecular formula is C21H33N5O2S. The third-order valence-electron chi connectivity index (χ3n) is 5.05. The van der Waals surface area contributed by atoms with Crippen LogP contribution in [-0.2, 0) is 16.1 Å². The van der Waals surface area contributed by atoms with Gasteiger partial charge in [-0.3, -0.25) is 9.69 Å². The fourth-order valence-corrected chi connectivity index (χ4v) is 4.54. The Hall–Kier alpha value is -1.77. The Morgan fingerprint density at radius 3 is 2.55 bits per heavy atom. The van der Waals surface area contributed by atoms with Crippen LogP contribution in [0.2, 0.25) is 0 Å². The number of thiophene rings is 1. The molecule has 1 aliphatic heterocycles. The lowest BCUT2D eigenvalue weighted by Gasteiger charge is -2.28. The van der Waals surface area contributed by atoms with Crippen molar-refractivity contribution in [3.05, 3.63) is 16.3 Å². The number of anilines is 1. The zero-order valence-electron chi connectivity index (χ0n) is 18.5. The highest BCUT2D eigenvalue weighted by Crippen LogP contribution is 2.35. The van der Waals surface area contributed by atoms with Crippen molar-refractivity contribution in [2.75, 3.05) is 44.3 Å². The predicted molar refractivity (Wildman–Crippen MR) is 119 cm³/mol. The van der Waals surface area contributed by atoms with Gasteiger partial charge in [-0.05, 0) is 47.1 Å². The molecule has 1 N–H and O–H groups in total. The topological polar surface area (TPSA) is 70.6 Å². The molecule has 1 amide bonds. The molecule has 0 spiro atoms. The van der Waals surface area contributed by atoms with Gasteiger partial charge in [0.05, 0.1) is 31.7 Å². The summed E-state index contributed by atoms with van der Waals surface area (Å²) in [4.78, 5) is 29.1. The lowest BCUT2D eigenvalue weighted by Crippen LogP contribution is -2.46. The van der Waals surface area contributed by atoms with Gasteiger partial charge in [-0.15, -0.1) is 11.3 Å². The minimum Gasteiger partial charge on any atom is -0.379 e. The van der Waals surface area contributed by atoms with Gasteiger partial charge < -0.3 is 15.0 Å². The highest BCUT2D eigenvalue weighted by atomic mass is 32.1. The van der Waals surface area contributed by atoms with Crippen molar-refractivity contribution in [2.24, 2.45) is 0 Å². The van der Waals surface area contributed by atoms with Gasteiger partial charge in [-0.2, -0.15) is 0 Å². The van der Waals surface area contributed by atoms with Crippen molar-refractivity contribution >= 4 is 33.3 Å². The number of aromatic nitrogens is 2. The van der Waals surface area contributed by atoms with Gasteiger partial charge >= 0.3 is 0 Å². The smallest absolute Gasteiger partial charge is 0.239 e. The van der Waals surface area contributed by atoms with Crippen LogP contribution < -0.4 is 10.2 Å². The van der Waals surface area contributed by atoms with Gasteiger partial charge in [0.15, 0.2) is 0 Å². The minimum atomic E-state index is -0.256. The number of carbonyl (C=O) groups is 1. The van der Waals surface area contributed by atoms with Crippen molar-refractivity contribution in [1.82, 2.24) is 20.2 Å². The van der Waals surface area contributed by atoms with Crippen LogP contribution in [0.5, 0.6) is 0 Å². The van der Waals surface area contributed by atoms with E-state index in [1.54, 1.807) is 11.3 Å². The van der Waals surface area contributed by atoms with Gasteiger partial charge in [0.25, 0.3) is 0 Å². The fraction of sp³-hybridized carbons (Fsp3) is 0.667. The zero-order valence-corrected chi connectivity index (χ0v) is 19.3. The Kier molecular flexibility index (Phi) is 6.76. The summed E-state index contributed by atoms with van der Waals surface area (Å²) in [7, 11) is 0. The summed E-state index contributed by atoms with van der Waals surface area (Å²) in [6.07, 6.45) is 0. The molecule has 29 heavy (non-hydrogen) atoms. The largest absolute Gasteiger partial charge is 0.379 e. The Morgan fingerprint density at radius 2 is 1.93 bits per heavy atom. The first-order valence-corrected chi connectivity index (χ1v) is 11.1. The molecule has 0 radical (unpaired) electrons. The highest BCUT2D eigenvalue weighted by molar-refractivity contribution is 7.18. The van der Waals surface area contributed by atoms with Crippen molar-refractivity contribution in [1.29, 1.82) is 0 Å². The van der Waals surface area contributed by atoms with Gasteiger partial charge in [-0.25, -0.2) is 9.97 Å². The molecule has 0 aromatic carbocycles. The van der Waals surface area contributed by atoms with Gasteiger partial charge in [-0.1, -0.05) is 0 Å². The zero-order chi connectivity index (χ0) is 21.2. The summed E-state index contributed by atoms with van der Waals surface area (Å²) < 4.78 is 5.46. The molecule has 1 fully saturated rings. The highest BCUT2D eigenvalue weighted by Gasteiger charge is 2.23. The number of likely N-dealkylation sites (N-methyl/N-ethyl adjacent to an activating group) is 1. The van der Waals surface area contributed by atoms with Gasteiger partial charge in [0, 0.05) is 30.1 Å². The van der Waals surface area contributed by atoms with Gasteiger partial charge in [0.2, 0.25) is 5.91 Å². The monoisotopic (exact) mass is 419 g/mol. The van der Waals surface area contributed by atoms with E-state index in [9.17, 15) is 4.79 Å². The number of nitrogens with one attached hydrogen (secondary N) is 1. The molecule has 0 atom stereocenters. The first-order chi connectivity index (χ1) is 13.7. The van der Waals surface area contributed by atoms with E-state index in [-0.39, 0.29) is 18.0 Å². The second kappa shape index (κ2) is 8.93. The molecule has 3 rings (SSSR count). The second-order valence-electron chi connectivity index (χ2n) is 8.63. The molecule has 1 saturated heterocycles. The van der Waals surface area contributed by atoms with Crippen LogP contribution in [0.1, 0.15) is 44.0 Å². The summed E-state index contributed by atoms with van der Waals surface area (Å²) in [6, 6.07) is 0. The van der Waals surface area contributed by atoms with Crippen molar-refractivity contribution in [3.63, 3.8) is 0 Å². The number of rotatable bonds is 6. The Labute approximate surface area is 177 Å². The molecule has 3 heterocycles. The number of ether oxygens (including phenoxy) is 1. The molecule has 160 valence electrons. The summed E-state index contributed by atoms with van der Waals surface area (Å²) in [5.74, 6) is 1.68. The van der Waals surface area contributed by atoms with Crippen LogP contribution in [0, 0.1) is 13.8 Å². The number of morpholine rings is 1. The summed E-state index contributed by atoms with van der Waals surface area (Å²) >= 11 is 1.70. The molecule has 0 aliphatic carbocycles. The molecule has 0 unspecified atom stereocenters. The van der Waals surface area contributed by atoms with Crippen LogP contribution in [0.15, 0.2) is 0 Å². The average molecular weight is 420 g/mol. The van der Waals surface area contributed by atoms with Crippen molar-refractivity contribution in [3.8, 4) is 0 Å². The second-order valence-corrected chi connectivity index (χ2v) is 9.83. The Bertz CT molecular complexity index is 868. The number of aryl methyl sites for hydroxylation is 2. The maximum Gasteiger partial charge on any atom is 0.239 e. The lowest BCUT2D eigenvalue weighted by molar-refractivity contribution is -0.121. The van der Waals surface area contributed by atoms with Gasteiger partial charge in [0.1, 0.15) is 16.5 Å². The SMILES string of the molecule is CCN(CC(=O)NC(C)(C)C)c1nc(CN2CCOCC2)nc2sc(C)c(C)c12. The molecule has 8 heteroatoms.